The minimum Gasteiger partial charge on any atom is -0.338 e. The van der Waals surface area contributed by atoms with Gasteiger partial charge in [0, 0.05) is 24.7 Å². The highest BCUT2D eigenvalue weighted by molar-refractivity contribution is 6.08. The van der Waals surface area contributed by atoms with E-state index in [4.69, 9.17) is 5.73 Å². The monoisotopic (exact) mass is 383 g/mol. The Hall–Kier alpha value is -2.83. The van der Waals surface area contributed by atoms with Gasteiger partial charge in [0.25, 0.3) is 5.91 Å². The van der Waals surface area contributed by atoms with Crippen LogP contribution >= 0.6 is 12.4 Å². The number of fused-ring (bicyclic) bond motifs is 2. The lowest BCUT2D eigenvalue weighted by molar-refractivity contribution is 0.0985. The fourth-order valence-corrected chi connectivity index (χ4v) is 3.35. The van der Waals surface area contributed by atoms with Crippen LogP contribution in [-0.4, -0.2) is 15.7 Å². The first-order valence-corrected chi connectivity index (χ1v) is 8.57. The van der Waals surface area contributed by atoms with Gasteiger partial charge in [-0.05, 0) is 42.3 Å². The lowest BCUT2D eigenvalue weighted by Gasteiger charge is -2.23. The summed E-state index contributed by atoms with van der Waals surface area (Å²) in [5.41, 5.74) is 11.2. The van der Waals surface area contributed by atoms with Gasteiger partial charge in [0.15, 0.2) is 0 Å². The molecule has 0 unspecified atom stereocenters. The molecule has 1 aliphatic heterocycles. The molecule has 0 atom stereocenters. The van der Waals surface area contributed by atoms with Crippen molar-refractivity contribution in [3.63, 3.8) is 0 Å². The first kappa shape index (κ1) is 18.9. The van der Waals surface area contributed by atoms with Crippen LogP contribution in [0.5, 0.6) is 0 Å². The second-order valence-corrected chi connectivity index (χ2v) is 6.52. The molecule has 3 N–H and O–H groups in total. The molecular formula is C20H22ClN5O. The van der Waals surface area contributed by atoms with Gasteiger partial charge in [0.2, 0.25) is 0 Å². The number of carbonyl (C=O) groups is 1. The molecule has 0 aliphatic carbocycles. The molecule has 1 aliphatic rings. The van der Waals surface area contributed by atoms with Gasteiger partial charge in [0.1, 0.15) is 5.82 Å². The Morgan fingerprint density at radius 2 is 2.04 bits per heavy atom. The lowest BCUT2D eigenvalue weighted by Crippen LogP contribution is -2.30. The van der Waals surface area contributed by atoms with E-state index in [1.165, 1.54) is 0 Å². The van der Waals surface area contributed by atoms with Crippen molar-refractivity contribution in [1.29, 1.82) is 0 Å². The van der Waals surface area contributed by atoms with Crippen LogP contribution in [0.3, 0.4) is 0 Å². The summed E-state index contributed by atoms with van der Waals surface area (Å²) in [6, 6.07) is 13.5. The van der Waals surface area contributed by atoms with Crippen molar-refractivity contribution in [1.82, 2.24) is 9.78 Å². The predicted octanol–water partition coefficient (Wildman–Crippen LogP) is 3.51. The summed E-state index contributed by atoms with van der Waals surface area (Å²) in [6.45, 7) is 2.91. The number of nitrogens with zero attached hydrogens (tertiary/aromatic N) is 3. The molecular weight excluding hydrogens is 362 g/mol. The lowest BCUT2D eigenvalue weighted by atomic mass is 10.0. The highest BCUT2D eigenvalue weighted by Gasteiger charge is 2.26. The second kappa shape index (κ2) is 7.42. The van der Waals surface area contributed by atoms with Crippen LogP contribution in [0.4, 0.5) is 17.2 Å². The molecule has 2 aromatic carbocycles. The van der Waals surface area contributed by atoms with Crippen molar-refractivity contribution < 1.29 is 4.79 Å². The van der Waals surface area contributed by atoms with Crippen LogP contribution in [0, 0.1) is 6.92 Å². The number of halogens is 1. The maximum absolute atomic E-state index is 13.3. The molecule has 1 amide bonds. The zero-order valence-corrected chi connectivity index (χ0v) is 16.1. The topological polar surface area (TPSA) is 76.2 Å². The quantitative estimate of drug-likeness (QED) is 0.710. The van der Waals surface area contributed by atoms with E-state index >= 15 is 0 Å². The molecule has 6 nitrogen and oxygen atoms in total. The van der Waals surface area contributed by atoms with Gasteiger partial charge in [-0.15, -0.1) is 12.4 Å². The predicted molar refractivity (Wildman–Crippen MR) is 110 cm³/mol. The number of carbonyl (C=O) groups excluding carboxylic acids is 1. The number of rotatable bonds is 2. The number of aromatic nitrogens is 2. The molecule has 0 spiro atoms. The molecule has 0 saturated carbocycles. The summed E-state index contributed by atoms with van der Waals surface area (Å²) in [5, 5.41) is 7.73. The Kier molecular flexibility index (Phi) is 5.21. The van der Waals surface area contributed by atoms with Gasteiger partial charge in [-0.3, -0.25) is 9.48 Å². The van der Waals surface area contributed by atoms with E-state index in [-0.39, 0.29) is 18.3 Å². The minimum atomic E-state index is -0.0392. The average molecular weight is 384 g/mol. The van der Waals surface area contributed by atoms with E-state index in [2.05, 4.69) is 10.4 Å². The standard InChI is InChI=1S/C20H21N5O.ClH/c1-13-9-14(7-8-15(13)10-21)20(26)25-12-16-11-22-24(2)19(16)23-17-5-3-4-6-18(17)25;/h3-9,11,23H,10,12,21H2,1-2H3;1H. The molecule has 0 radical (unpaired) electrons. The summed E-state index contributed by atoms with van der Waals surface area (Å²) >= 11 is 0. The van der Waals surface area contributed by atoms with Gasteiger partial charge >= 0.3 is 0 Å². The van der Waals surface area contributed by atoms with E-state index in [1.54, 1.807) is 15.8 Å². The fourth-order valence-electron chi connectivity index (χ4n) is 3.35. The maximum Gasteiger partial charge on any atom is 0.258 e. The van der Waals surface area contributed by atoms with Crippen LogP contribution in [0.1, 0.15) is 27.0 Å². The van der Waals surface area contributed by atoms with Gasteiger partial charge in [0.05, 0.1) is 24.1 Å². The Balaban J connectivity index is 0.00000210. The normalized spacial score (nSPS) is 12.3. The number of benzene rings is 2. The molecule has 3 aromatic rings. The van der Waals surface area contributed by atoms with Crippen molar-refractivity contribution in [2.45, 2.75) is 20.0 Å². The van der Waals surface area contributed by atoms with E-state index in [0.29, 0.717) is 18.7 Å². The number of para-hydroxylation sites is 2. The summed E-state index contributed by atoms with van der Waals surface area (Å²) in [4.78, 5) is 15.1. The fraction of sp³-hybridized carbons (Fsp3) is 0.200. The average Bonchev–Trinajstić information content (AvgIpc) is 2.90. The molecule has 1 aromatic heterocycles. The van der Waals surface area contributed by atoms with Crippen molar-refractivity contribution in [3.05, 3.63) is 70.9 Å². The van der Waals surface area contributed by atoms with Crippen LogP contribution in [0.2, 0.25) is 0 Å². The van der Waals surface area contributed by atoms with Crippen molar-refractivity contribution in [3.8, 4) is 0 Å². The van der Waals surface area contributed by atoms with E-state index in [0.717, 1.165) is 33.9 Å². The largest absolute Gasteiger partial charge is 0.338 e. The van der Waals surface area contributed by atoms with Gasteiger partial charge in [-0.1, -0.05) is 18.2 Å². The third-order valence-corrected chi connectivity index (χ3v) is 4.85. The summed E-state index contributed by atoms with van der Waals surface area (Å²) < 4.78 is 1.79. The number of amides is 1. The molecule has 7 heteroatoms. The van der Waals surface area contributed by atoms with Gasteiger partial charge in [-0.2, -0.15) is 5.10 Å². The van der Waals surface area contributed by atoms with Crippen molar-refractivity contribution in [2.75, 3.05) is 10.2 Å². The molecule has 2 heterocycles. The van der Waals surface area contributed by atoms with Crippen LogP contribution in [-0.2, 0) is 20.1 Å². The van der Waals surface area contributed by atoms with E-state index < -0.39 is 0 Å². The number of nitrogens with two attached hydrogens (primary N) is 1. The van der Waals surface area contributed by atoms with E-state index in [1.807, 2.05) is 56.4 Å². The van der Waals surface area contributed by atoms with Gasteiger partial charge in [-0.25, -0.2) is 0 Å². The van der Waals surface area contributed by atoms with E-state index in [9.17, 15) is 4.79 Å². The summed E-state index contributed by atoms with van der Waals surface area (Å²) in [7, 11) is 1.89. The Morgan fingerprint density at radius 1 is 1.26 bits per heavy atom. The summed E-state index contributed by atoms with van der Waals surface area (Å²) in [5.74, 6) is 0.866. The Labute approximate surface area is 164 Å². The molecule has 0 fully saturated rings. The molecule has 4 rings (SSSR count). The molecule has 0 saturated heterocycles. The molecule has 0 bridgehead atoms. The Morgan fingerprint density at radius 3 is 2.78 bits per heavy atom. The number of anilines is 3. The van der Waals surface area contributed by atoms with Crippen LogP contribution in [0.25, 0.3) is 0 Å². The smallest absolute Gasteiger partial charge is 0.258 e. The molecule has 140 valence electrons. The highest BCUT2D eigenvalue weighted by atomic mass is 35.5. The van der Waals surface area contributed by atoms with Crippen molar-refractivity contribution in [2.24, 2.45) is 12.8 Å². The first-order chi connectivity index (χ1) is 12.6. The zero-order valence-electron chi connectivity index (χ0n) is 15.3. The van der Waals surface area contributed by atoms with Crippen LogP contribution in [0.15, 0.2) is 48.7 Å². The number of hydrogen-bond acceptors (Lipinski definition) is 4. The minimum absolute atomic E-state index is 0. The van der Waals surface area contributed by atoms with Crippen LogP contribution < -0.4 is 16.0 Å². The number of nitrogens with one attached hydrogen (secondary N) is 1. The van der Waals surface area contributed by atoms with Crippen molar-refractivity contribution >= 4 is 35.5 Å². The highest BCUT2D eigenvalue weighted by Crippen LogP contribution is 2.36. The Bertz CT molecular complexity index is 998. The summed E-state index contributed by atoms with van der Waals surface area (Å²) in [6.07, 6.45) is 1.80. The SMILES string of the molecule is Cc1cc(C(=O)N2Cc3cnn(C)c3Nc3ccccc32)ccc1CN.Cl. The third-order valence-electron chi connectivity index (χ3n) is 4.85. The first-order valence-electron chi connectivity index (χ1n) is 8.57. The second-order valence-electron chi connectivity index (χ2n) is 6.52. The zero-order chi connectivity index (χ0) is 18.3. The number of aryl methyl sites for hydroxylation is 2. The third kappa shape index (κ3) is 3.29. The molecule has 27 heavy (non-hydrogen) atoms. The van der Waals surface area contributed by atoms with Gasteiger partial charge < -0.3 is 16.0 Å². The number of hydrogen-bond donors (Lipinski definition) is 2. The maximum atomic E-state index is 13.3.